The topological polar surface area (TPSA) is 37.3 Å². The van der Waals surface area contributed by atoms with Crippen molar-refractivity contribution in [2.45, 2.75) is 6.42 Å². The first kappa shape index (κ1) is 12.8. The zero-order valence-corrected chi connectivity index (χ0v) is 12.0. The van der Waals surface area contributed by atoms with Crippen LogP contribution in [0.5, 0.6) is 0 Å². The van der Waals surface area contributed by atoms with Crippen LogP contribution in [-0.4, -0.2) is 10.8 Å². The van der Waals surface area contributed by atoms with Crippen LogP contribution in [0.15, 0.2) is 78.0 Å². The molecule has 0 atom stereocenters. The maximum absolute atomic E-state index is 4.62. The minimum atomic E-state index is 0.862. The molecule has 0 aliphatic carbocycles. The minimum absolute atomic E-state index is 0.862. The summed E-state index contributed by atoms with van der Waals surface area (Å²) in [6, 6.07) is 20.6. The molecule has 3 aromatic rings. The molecule has 1 N–H and O–H groups in total. The van der Waals surface area contributed by atoms with Crippen LogP contribution in [0.4, 0.5) is 11.4 Å². The largest absolute Gasteiger partial charge is 0.343 e. The van der Waals surface area contributed by atoms with Gasteiger partial charge in [-0.05, 0) is 41.0 Å². The van der Waals surface area contributed by atoms with Gasteiger partial charge in [0.2, 0.25) is 0 Å². The first-order valence-corrected chi connectivity index (χ1v) is 7.31. The van der Waals surface area contributed by atoms with E-state index in [-0.39, 0.29) is 0 Å². The van der Waals surface area contributed by atoms with Gasteiger partial charge in [-0.3, -0.25) is 4.98 Å². The standard InChI is InChI=1S/C19H15N3/c1-2-6-18-15(4-1)12-19(22-18)21-17-9-7-14(8-10-17)16-5-3-11-20-13-16/h1-11,13H,12H2,(H,21,22). The van der Waals surface area contributed by atoms with E-state index < -0.39 is 0 Å². The molecule has 0 radical (unpaired) electrons. The smallest absolute Gasteiger partial charge is 0.111 e. The highest BCUT2D eigenvalue weighted by Gasteiger charge is 2.13. The molecule has 1 aliphatic heterocycles. The number of hydrogen-bond acceptors (Lipinski definition) is 3. The van der Waals surface area contributed by atoms with Crippen LogP contribution in [0.2, 0.25) is 0 Å². The maximum atomic E-state index is 4.62. The van der Waals surface area contributed by atoms with Gasteiger partial charge in [-0.1, -0.05) is 36.4 Å². The van der Waals surface area contributed by atoms with E-state index in [9.17, 15) is 0 Å². The monoisotopic (exact) mass is 285 g/mol. The fraction of sp³-hybridized carbons (Fsp3) is 0.0526. The molecule has 0 spiro atoms. The van der Waals surface area contributed by atoms with E-state index >= 15 is 0 Å². The quantitative estimate of drug-likeness (QED) is 0.755. The maximum Gasteiger partial charge on any atom is 0.111 e. The van der Waals surface area contributed by atoms with Crippen LogP contribution in [0.3, 0.4) is 0 Å². The van der Waals surface area contributed by atoms with Gasteiger partial charge in [-0.25, -0.2) is 4.99 Å². The number of nitrogens with zero attached hydrogens (tertiary/aromatic N) is 2. The highest BCUT2D eigenvalue weighted by atomic mass is 15.0. The number of pyridine rings is 1. The van der Waals surface area contributed by atoms with Gasteiger partial charge in [-0.2, -0.15) is 0 Å². The van der Waals surface area contributed by atoms with E-state index in [1.54, 1.807) is 6.20 Å². The molecule has 3 heteroatoms. The lowest BCUT2D eigenvalue weighted by Gasteiger charge is -2.07. The summed E-state index contributed by atoms with van der Waals surface area (Å²) >= 11 is 0. The minimum Gasteiger partial charge on any atom is -0.343 e. The van der Waals surface area contributed by atoms with Crippen molar-refractivity contribution >= 4 is 17.2 Å². The van der Waals surface area contributed by atoms with E-state index in [1.165, 1.54) is 5.56 Å². The number of nitrogens with one attached hydrogen (secondary N) is 1. The Morgan fingerprint density at radius 3 is 2.45 bits per heavy atom. The van der Waals surface area contributed by atoms with Gasteiger partial charge in [-0.15, -0.1) is 0 Å². The lowest BCUT2D eigenvalue weighted by Crippen LogP contribution is -2.11. The summed E-state index contributed by atoms with van der Waals surface area (Å²) in [6.07, 6.45) is 4.52. The Balaban J connectivity index is 1.51. The van der Waals surface area contributed by atoms with E-state index in [0.29, 0.717) is 0 Å². The molecule has 4 rings (SSSR count). The molecule has 1 aromatic heterocycles. The Labute approximate surface area is 129 Å². The van der Waals surface area contributed by atoms with Gasteiger partial charge >= 0.3 is 0 Å². The Morgan fingerprint density at radius 1 is 0.818 bits per heavy atom. The number of rotatable bonds is 2. The number of fused-ring (bicyclic) bond motifs is 1. The summed E-state index contributed by atoms with van der Waals surface area (Å²) in [7, 11) is 0. The lowest BCUT2D eigenvalue weighted by molar-refractivity contribution is 1.33. The molecule has 0 fully saturated rings. The number of para-hydroxylation sites is 1. The van der Waals surface area contributed by atoms with Gasteiger partial charge < -0.3 is 5.32 Å². The van der Waals surface area contributed by atoms with Gasteiger partial charge in [0.15, 0.2) is 0 Å². The first-order valence-electron chi connectivity index (χ1n) is 7.31. The number of hydrogen-bond donors (Lipinski definition) is 1. The lowest BCUT2D eigenvalue weighted by atomic mass is 10.1. The second-order valence-electron chi connectivity index (χ2n) is 5.31. The van der Waals surface area contributed by atoms with Crippen molar-refractivity contribution in [3.63, 3.8) is 0 Å². The van der Waals surface area contributed by atoms with Crippen molar-refractivity contribution in [3.05, 3.63) is 78.6 Å². The molecule has 0 amide bonds. The molecule has 0 unspecified atom stereocenters. The fourth-order valence-electron chi connectivity index (χ4n) is 2.65. The van der Waals surface area contributed by atoms with Crippen LogP contribution in [0.25, 0.3) is 11.1 Å². The molecule has 0 bridgehead atoms. The van der Waals surface area contributed by atoms with Gasteiger partial charge in [0.25, 0.3) is 0 Å². The number of amidine groups is 1. The van der Waals surface area contributed by atoms with Crippen molar-refractivity contribution in [3.8, 4) is 11.1 Å². The number of benzene rings is 2. The molecule has 106 valence electrons. The van der Waals surface area contributed by atoms with E-state index in [1.807, 2.05) is 18.3 Å². The van der Waals surface area contributed by atoms with E-state index in [0.717, 1.165) is 34.8 Å². The third kappa shape index (κ3) is 2.49. The van der Waals surface area contributed by atoms with Gasteiger partial charge in [0.05, 0.1) is 5.69 Å². The van der Waals surface area contributed by atoms with E-state index in [4.69, 9.17) is 0 Å². The van der Waals surface area contributed by atoms with E-state index in [2.05, 4.69) is 63.8 Å². The molecule has 2 aromatic carbocycles. The summed E-state index contributed by atoms with van der Waals surface area (Å²) in [5, 5.41) is 3.40. The summed E-state index contributed by atoms with van der Waals surface area (Å²) in [5.74, 6) is 0.996. The molecular weight excluding hydrogens is 270 g/mol. The summed E-state index contributed by atoms with van der Waals surface area (Å²) in [5.41, 5.74) is 5.68. The van der Waals surface area contributed by atoms with Crippen molar-refractivity contribution in [1.82, 2.24) is 4.98 Å². The molecule has 1 aliphatic rings. The van der Waals surface area contributed by atoms with Crippen molar-refractivity contribution < 1.29 is 0 Å². The van der Waals surface area contributed by atoms with Crippen LogP contribution < -0.4 is 5.32 Å². The van der Waals surface area contributed by atoms with Crippen LogP contribution in [0.1, 0.15) is 5.56 Å². The Morgan fingerprint density at radius 2 is 1.68 bits per heavy atom. The predicted octanol–water partition coefficient (Wildman–Crippen LogP) is 4.45. The molecule has 3 nitrogen and oxygen atoms in total. The summed E-state index contributed by atoms with van der Waals surface area (Å²) in [4.78, 5) is 8.78. The highest BCUT2D eigenvalue weighted by Crippen LogP contribution is 2.27. The summed E-state index contributed by atoms with van der Waals surface area (Å²) < 4.78 is 0. The zero-order chi connectivity index (χ0) is 14.8. The summed E-state index contributed by atoms with van der Waals surface area (Å²) in [6.45, 7) is 0. The normalized spacial score (nSPS) is 12.6. The second kappa shape index (κ2) is 5.45. The third-order valence-electron chi connectivity index (χ3n) is 3.77. The number of aliphatic imine (C=N–C) groups is 1. The SMILES string of the molecule is c1cncc(-c2ccc(NC3=Nc4ccccc4C3)cc2)c1. The first-order chi connectivity index (χ1) is 10.9. The van der Waals surface area contributed by atoms with Gasteiger partial charge in [0.1, 0.15) is 5.84 Å². The molecule has 0 saturated carbocycles. The Kier molecular flexibility index (Phi) is 3.16. The fourth-order valence-corrected chi connectivity index (χ4v) is 2.65. The molecule has 22 heavy (non-hydrogen) atoms. The average molecular weight is 285 g/mol. The Hall–Kier alpha value is -2.94. The van der Waals surface area contributed by atoms with Crippen molar-refractivity contribution in [1.29, 1.82) is 0 Å². The van der Waals surface area contributed by atoms with Crippen molar-refractivity contribution in [2.75, 3.05) is 5.32 Å². The van der Waals surface area contributed by atoms with Crippen LogP contribution in [-0.2, 0) is 6.42 Å². The van der Waals surface area contributed by atoms with Crippen molar-refractivity contribution in [2.24, 2.45) is 4.99 Å². The zero-order valence-electron chi connectivity index (χ0n) is 12.0. The van der Waals surface area contributed by atoms with Gasteiger partial charge in [0, 0.05) is 24.5 Å². The number of anilines is 1. The van der Waals surface area contributed by atoms with Crippen LogP contribution >= 0.6 is 0 Å². The number of aromatic nitrogens is 1. The Bertz CT molecular complexity index is 821. The predicted molar refractivity (Wildman–Crippen MR) is 90.5 cm³/mol. The van der Waals surface area contributed by atoms with Crippen LogP contribution in [0, 0.1) is 0 Å². The third-order valence-corrected chi connectivity index (χ3v) is 3.77. The molecule has 0 saturated heterocycles. The second-order valence-corrected chi connectivity index (χ2v) is 5.31. The highest BCUT2D eigenvalue weighted by molar-refractivity contribution is 6.02. The molecular formula is C19H15N3. The molecule has 2 heterocycles. The average Bonchev–Trinajstić information content (AvgIpc) is 2.98.